The molecule has 122 valence electrons. The fraction of sp³-hybridized carbons (Fsp3) is 0.200. The maximum atomic E-state index is 4.67. The van der Waals surface area contributed by atoms with E-state index in [0.29, 0.717) is 5.95 Å². The molecule has 0 aliphatic rings. The van der Waals surface area contributed by atoms with E-state index < -0.39 is 0 Å². The highest BCUT2D eigenvalue weighted by Crippen LogP contribution is 2.22. The molecule has 0 amide bonds. The Morgan fingerprint density at radius 1 is 0.958 bits per heavy atom. The van der Waals surface area contributed by atoms with E-state index in [1.165, 1.54) is 11.1 Å². The van der Waals surface area contributed by atoms with Crippen LogP contribution in [0.4, 0.5) is 17.5 Å². The first kappa shape index (κ1) is 16.0. The molecular formula is C20H22N4. The minimum Gasteiger partial charge on any atom is -0.366 e. The average molecular weight is 318 g/mol. The number of benzene rings is 2. The van der Waals surface area contributed by atoms with Crippen molar-refractivity contribution >= 4 is 17.5 Å². The summed E-state index contributed by atoms with van der Waals surface area (Å²) in [6.07, 6.45) is 1.80. The molecule has 0 spiro atoms. The van der Waals surface area contributed by atoms with E-state index in [2.05, 4.69) is 70.4 Å². The van der Waals surface area contributed by atoms with Crippen LogP contribution in [-0.4, -0.2) is 16.5 Å². The predicted molar refractivity (Wildman–Crippen MR) is 99.7 cm³/mol. The fourth-order valence-corrected chi connectivity index (χ4v) is 2.62. The lowest BCUT2D eigenvalue weighted by Gasteiger charge is -2.21. The first-order valence-electron chi connectivity index (χ1n) is 8.22. The van der Waals surface area contributed by atoms with E-state index in [-0.39, 0.29) is 0 Å². The van der Waals surface area contributed by atoms with E-state index in [1.54, 1.807) is 6.20 Å². The van der Waals surface area contributed by atoms with Crippen LogP contribution in [0.1, 0.15) is 18.1 Å². The molecule has 24 heavy (non-hydrogen) atoms. The number of para-hydroxylation sites is 1. The van der Waals surface area contributed by atoms with Gasteiger partial charge in [-0.05, 0) is 43.2 Å². The third kappa shape index (κ3) is 3.71. The molecule has 0 fully saturated rings. The van der Waals surface area contributed by atoms with Crippen molar-refractivity contribution in [3.63, 3.8) is 0 Å². The number of hydrogen-bond donors (Lipinski definition) is 1. The molecule has 1 heterocycles. The van der Waals surface area contributed by atoms with Crippen LogP contribution in [0.15, 0.2) is 66.9 Å². The highest BCUT2D eigenvalue weighted by atomic mass is 15.3. The van der Waals surface area contributed by atoms with Gasteiger partial charge < -0.3 is 10.2 Å². The van der Waals surface area contributed by atoms with Gasteiger partial charge in [0, 0.05) is 25.0 Å². The Labute approximate surface area is 143 Å². The Kier molecular flexibility index (Phi) is 5.06. The van der Waals surface area contributed by atoms with Crippen LogP contribution in [0.2, 0.25) is 0 Å². The SMILES string of the molecule is CCN(c1ccccc1)c1nccc(NCc2ccccc2C)n1. The van der Waals surface area contributed by atoms with Crippen LogP contribution in [0.3, 0.4) is 0 Å². The van der Waals surface area contributed by atoms with Gasteiger partial charge in [-0.3, -0.25) is 0 Å². The van der Waals surface area contributed by atoms with Crippen molar-refractivity contribution in [2.75, 3.05) is 16.8 Å². The molecule has 4 nitrogen and oxygen atoms in total. The van der Waals surface area contributed by atoms with Gasteiger partial charge in [-0.1, -0.05) is 42.5 Å². The zero-order chi connectivity index (χ0) is 16.8. The standard InChI is InChI=1S/C20H22N4/c1-3-24(18-11-5-4-6-12-18)20-21-14-13-19(23-20)22-15-17-10-8-7-9-16(17)2/h4-14H,3,15H2,1-2H3,(H,21,22,23). The predicted octanol–water partition coefficient (Wildman–Crippen LogP) is 4.56. The lowest BCUT2D eigenvalue weighted by molar-refractivity contribution is 0.942. The van der Waals surface area contributed by atoms with E-state index in [1.807, 2.05) is 24.3 Å². The van der Waals surface area contributed by atoms with Gasteiger partial charge in [0.1, 0.15) is 5.82 Å². The molecule has 1 N–H and O–H groups in total. The maximum Gasteiger partial charge on any atom is 0.231 e. The monoisotopic (exact) mass is 318 g/mol. The molecule has 3 rings (SSSR count). The second-order valence-corrected chi connectivity index (χ2v) is 5.60. The van der Waals surface area contributed by atoms with Gasteiger partial charge in [-0.15, -0.1) is 0 Å². The highest BCUT2D eigenvalue weighted by molar-refractivity contribution is 5.58. The second-order valence-electron chi connectivity index (χ2n) is 5.60. The molecule has 0 aliphatic carbocycles. The van der Waals surface area contributed by atoms with E-state index in [4.69, 9.17) is 0 Å². The first-order chi connectivity index (χ1) is 11.8. The summed E-state index contributed by atoms with van der Waals surface area (Å²) in [5.74, 6) is 1.54. The minimum atomic E-state index is 0.707. The zero-order valence-corrected chi connectivity index (χ0v) is 14.1. The molecule has 2 aromatic carbocycles. The maximum absolute atomic E-state index is 4.67. The topological polar surface area (TPSA) is 41.1 Å². The molecule has 0 aliphatic heterocycles. The summed E-state index contributed by atoms with van der Waals surface area (Å²) in [5.41, 5.74) is 3.64. The minimum absolute atomic E-state index is 0.707. The third-order valence-corrected chi connectivity index (χ3v) is 3.99. The summed E-state index contributed by atoms with van der Waals surface area (Å²) in [4.78, 5) is 11.2. The van der Waals surface area contributed by atoms with Crippen LogP contribution in [0.25, 0.3) is 0 Å². The summed E-state index contributed by atoms with van der Waals surface area (Å²) in [7, 11) is 0. The Bertz CT molecular complexity index is 786. The Balaban J connectivity index is 1.77. The van der Waals surface area contributed by atoms with E-state index in [0.717, 1.165) is 24.6 Å². The number of nitrogens with zero attached hydrogens (tertiary/aromatic N) is 3. The summed E-state index contributed by atoms with van der Waals surface area (Å²) < 4.78 is 0. The van der Waals surface area contributed by atoms with E-state index >= 15 is 0 Å². The van der Waals surface area contributed by atoms with Crippen molar-refractivity contribution in [3.05, 3.63) is 78.0 Å². The highest BCUT2D eigenvalue weighted by Gasteiger charge is 2.10. The normalized spacial score (nSPS) is 10.4. The van der Waals surface area contributed by atoms with Crippen LogP contribution < -0.4 is 10.2 Å². The lowest BCUT2D eigenvalue weighted by Crippen LogP contribution is -2.19. The number of aryl methyl sites for hydroxylation is 1. The number of hydrogen-bond acceptors (Lipinski definition) is 4. The lowest BCUT2D eigenvalue weighted by atomic mass is 10.1. The van der Waals surface area contributed by atoms with Gasteiger partial charge in [-0.2, -0.15) is 4.98 Å². The molecule has 0 atom stereocenters. The number of nitrogens with one attached hydrogen (secondary N) is 1. The van der Waals surface area contributed by atoms with E-state index in [9.17, 15) is 0 Å². The Morgan fingerprint density at radius 3 is 2.46 bits per heavy atom. The Morgan fingerprint density at radius 2 is 1.71 bits per heavy atom. The molecule has 1 aromatic heterocycles. The van der Waals surface area contributed by atoms with Crippen molar-refractivity contribution in [2.45, 2.75) is 20.4 Å². The fourth-order valence-electron chi connectivity index (χ4n) is 2.62. The number of anilines is 3. The summed E-state index contributed by atoms with van der Waals surface area (Å²) in [6, 6.07) is 20.5. The van der Waals surface area contributed by atoms with Crippen LogP contribution >= 0.6 is 0 Å². The van der Waals surface area contributed by atoms with Gasteiger partial charge >= 0.3 is 0 Å². The molecular weight excluding hydrogens is 296 g/mol. The third-order valence-electron chi connectivity index (χ3n) is 3.99. The number of rotatable bonds is 6. The van der Waals surface area contributed by atoms with Crippen molar-refractivity contribution in [3.8, 4) is 0 Å². The van der Waals surface area contributed by atoms with Crippen LogP contribution in [-0.2, 0) is 6.54 Å². The van der Waals surface area contributed by atoms with Gasteiger partial charge in [0.2, 0.25) is 5.95 Å². The van der Waals surface area contributed by atoms with Gasteiger partial charge in [0.05, 0.1) is 0 Å². The van der Waals surface area contributed by atoms with Gasteiger partial charge in [0.15, 0.2) is 0 Å². The molecule has 3 aromatic rings. The van der Waals surface area contributed by atoms with Gasteiger partial charge in [0.25, 0.3) is 0 Å². The molecule has 4 heteroatoms. The quantitative estimate of drug-likeness (QED) is 0.723. The zero-order valence-electron chi connectivity index (χ0n) is 14.1. The van der Waals surface area contributed by atoms with Crippen molar-refractivity contribution < 1.29 is 0 Å². The first-order valence-corrected chi connectivity index (χ1v) is 8.22. The van der Waals surface area contributed by atoms with Crippen molar-refractivity contribution in [1.82, 2.24) is 9.97 Å². The molecule has 0 bridgehead atoms. The smallest absolute Gasteiger partial charge is 0.231 e. The van der Waals surface area contributed by atoms with Crippen LogP contribution in [0.5, 0.6) is 0 Å². The summed E-state index contributed by atoms with van der Waals surface area (Å²) >= 11 is 0. The molecule has 0 saturated heterocycles. The second kappa shape index (κ2) is 7.59. The van der Waals surface area contributed by atoms with Gasteiger partial charge in [-0.25, -0.2) is 4.98 Å². The van der Waals surface area contributed by atoms with Crippen molar-refractivity contribution in [2.24, 2.45) is 0 Å². The largest absolute Gasteiger partial charge is 0.366 e. The molecule has 0 saturated carbocycles. The van der Waals surface area contributed by atoms with Crippen LogP contribution in [0, 0.1) is 6.92 Å². The summed E-state index contributed by atoms with van der Waals surface area (Å²) in [5, 5.41) is 3.39. The van der Waals surface area contributed by atoms with Crippen molar-refractivity contribution in [1.29, 1.82) is 0 Å². The number of aromatic nitrogens is 2. The molecule has 0 unspecified atom stereocenters. The summed E-state index contributed by atoms with van der Waals surface area (Å²) in [6.45, 7) is 5.78. The molecule has 0 radical (unpaired) electrons. The Hall–Kier alpha value is -2.88. The average Bonchev–Trinajstić information content (AvgIpc) is 2.63.